The number of rotatable bonds is 10. The normalized spacial score (nSPS) is 16.1. The average molecular weight is 544 g/mol. The van der Waals surface area contributed by atoms with Gasteiger partial charge < -0.3 is 4.90 Å². The lowest BCUT2D eigenvalue weighted by Crippen LogP contribution is -2.27. The minimum atomic E-state index is -0.0701. The molecule has 0 saturated carbocycles. The van der Waals surface area contributed by atoms with E-state index in [1.807, 2.05) is 0 Å². The summed E-state index contributed by atoms with van der Waals surface area (Å²) in [6.07, 6.45) is 13.9. The van der Waals surface area contributed by atoms with E-state index in [2.05, 4.69) is 148 Å². The van der Waals surface area contributed by atoms with Crippen molar-refractivity contribution in [3.63, 3.8) is 0 Å². The zero-order valence-corrected chi connectivity index (χ0v) is 26.0. The molecular formula is C39H47N2+. The number of unbranched alkanes of at least 4 members (excludes halogenated alkanes) is 2. The van der Waals surface area contributed by atoms with Gasteiger partial charge >= 0.3 is 0 Å². The van der Waals surface area contributed by atoms with Crippen molar-refractivity contribution in [2.24, 2.45) is 0 Å². The van der Waals surface area contributed by atoms with Crippen LogP contribution >= 0.6 is 0 Å². The maximum atomic E-state index is 2.57. The fourth-order valence-electron chi connectivity index (χ4n) is 6.64. The molecule has 4 aromatic rings. The van der Waals surface area contributed by atoms with Crippen LogP contribution in [-0.2, 0) is 5.41 Å². The van der Waals surface area contributed by atoms with E-state index in [1.165, 1.54) is 69.0 Å². The Kier molecular flexibility index (Phi) is 8.78. The smallest absolute Gasteiger partial charge is 0.209 e. The lowest BCUT2D eigenvalue weighted by atomic mass is 9.81. The summed E-state index contributed by atoms with van der Waals surface area (Å²) in [5.41, 5.74) is 6.90. The standard InChI is InChI=1S/C39H47N2/c1-7-9-26-40(34-24-22-30-17-11-13-19-32(30)37(34)29(3)4)27-16-15-21-36-39(5,6)38-33-20-14-12-18-31(33)23-25-35(38)41(36)28-10-8-2/h11-25,27,29H,7-10,26,28H2,1-6H3/q+1. The Balaban J connectivity index is 1.56. The van der Waals surface area contributed by atoms with E-state index < -0.39 is 0 Å². The highest BCUT2D eigenvalue weighted by atomic mass is 15.2. The number of hydrogen-bond acceptors (Lipinski definition) is 1. The molecule has 0 amide bonds. The molecular weight excluding hydrogens is 496 g/mol. The van der Waals surface area contributed by atoms with Crippen LogP contribution in [-0.4, -0.2) is 23.9 Å². The quantitative estimate of drug-likeness (QED) is 0.142. The molecule has 1 aliphatic heterocycles. The van der Waals surface area contributed by atoms with Gasteiger partial charge in [-0.2, -0.15) is 4.58 Å². The molecule has 41 heavy (non-hydrogen) atoms. The van der Waals surface area contributed by atoms with Crippen molar-refractivity contribution < 1.29 is 4.58 Å². The van der Waals surface area contributed by atoms with Crippen LogP contribution in [0.2, 0.25) is 0 Å². The van der Waals surface area contributed by atoms with Crippen molar-refractivity contribution in [2.75, 3.05) is 18.0 Å². The molecule has 0 fully saturated rings. The zero-order valence-electron chi connectivity index (χ0n) is 26.0. The van der Waals surface area contributed by atoms with Gasteiger partial charge in [0.25, 0.3) is 0 Å². The van der Waals surface area contributed by atoms with E-state index in [9.17, 15) is 0 Å². The Morgan fingerprint density at radius 2 is 1.44 bits per heavy atom. The lowest BCUT2D eigenvalue weighted by molar-refractivity contribution is -0.436. The van der Waals surface area contributed by atoms with E-state index in [0.717, 1.165) is 19.5 Å². The number of benzene rings is 4. The van der Waals surface area contributed by atoms with Gasteiger partial charge in [-0.15, -0.1) is 0 Å². The zero-order chi connectivity index (χ0) is 29.0. The largest absolute Gasteiger partial charge is 0.344 e. The van der Waals surface area contributed by atoms with Crippen molar-refractivity contribution in [3.05, 3.63) is 108 Å². The van der Waals surface area contributed by atoms with Crippen LogP contribution in [0.4, 0.5) is 11.4 Å². The summed E-state index contributed by atoms with van der Waals surface area (Å²) in [7, 11) is 0. The fourth-order valence-corrected chi connectivity index (χ4v) is 6.64. The average Bonchev–Trinajstić information content (AvgIpc) is 3.20. The van der Waals surface area contributed by atoms with Gasteiger partial charge in [0.1, 0.15) is 6.54 Å². The van der Waals surface area contributed by atoms with Crippen LogP contribution in [0.3, 0.4) is 0 Å². The molecule has 4 aromatic carbocycles. The van der Waals surface area contributed by atoms with Crippen LogP contribution in [0.5, 0.6) is 0 Å². The van der Waals surface area contributed by atoms with E-state index in [4.69, 9.17) is 0 Å². The summed E-state index contributed by atoms with van der Waals surface area (Å²) in [6.45, 7) is 16.0. The molecule has 0 bridgehead atoms. The second-order valence-corrected chi connectivity index (χ2v) is 12.3. The number of hydrogen-bond donors (Lipinski definition) is 0. The number of anilines is 1. The van der Waals surface area contributed by atoms with Gasteiger partial charge in [0, 0.05) is 47.5 Å². The van der Waals surface area contributed by atoms with Crippen LogP contribution in [0, 0.1) is 0 Å². The topological polar surface area (TPSA) is 6.25 Å². The van der Waals surface area contributed by atoms with Gasteiger partial charge in [-0.05, 0) is 57.7 Å². The third-order valence-corrected chi connectivity index (χ3v) is 8.71. The van der Waals surface area contributed by atoms with Gasteiger partial charge in [-0.1, -0.05) is 115 Å². The Bertz CT molecular complexity index is 1620. The summed E-state index contributed by atoms with van der Waals surface area (Å²) < 4.78 is 2.47. The molecule has 2 nitrogen and oxygen atoms in total. The first-order valence-electron chi connectivity index (χ1n) is 15.7. The molecule has 5 rings (SSSR count). The van der Waals surface area contributed by atoms with Crippen LogP contribution in [0.25, 0.3) is 21.5 Å². The second-order valence-electron chi connectivity index (χ2n) is 12.3. The highest BCUT2D eigenvalue weighted by molar-refractivity contribution is 5.95. The molecule has 0 spiro atoms. The van der Waals surface area contributed by atoms with Gasteiger partial charge in [0.15, 0.2) is 6.21 Å². The molecule has 0 atom stereocenters. The lowest BCUT2D eigenvalue weighted by Gasteiger charge is -2.27. The molecule has 2 heteroatoms. The maximum absolute atomic E-state index is 2.57. The third kappa shape index (κ3) is 5.62. The molecule has 1 aliphatic rings. The molecule has 1 heterocycles. The Labute approximate surface area is 247 Å². The molecule has 0 unspecified atom stereocenters. The number of allylic oxidation sites excluding steroid dienone is 4. The van der Waals surface area contributed by atoms with Crippen molar-refractivity contribution in [1.29, 1.82) is 0 Å². The predicted molar refractivity (Wildman–Crippen MR) is 180 cm³/mol. The Hall–Kier alpha value is -3.65. The Morgan fingerprint density at radius 1 is 0.780 bits per heavy atom. The van der Waals surface area contributed by atoms with Gasteiger partial charge in [0.2, 0.25) is 5.69 Å². The summed E-state index contributed by atoms with van der Waals surface area (Å²) in [4.78, 5) is 2.57. The molecule has 0 N–H and O–H groups in total. The SMILES string of the molecule is CCCCN1C(=CC=CC=[N+](CCCC)c2ccc3ccccc3c2C(C)C)C(C)(C)c2c1ccc1ccccc21. The maximum Gasteiger partial charge on any atom is 0.209 e. The molecule has 0 aliphatic carbocycles. The second kappa shape index (κ2) is 12.5. The summed E-state index contributed by atoms with van der Waals surface area (Å²) in [5, 5.41) is 5.38. The van der Waals surface area contributed by atoms with Crippen molar-refractivity contribution in [1.82, 2.24) is 0 Å². The Morgan fingerprint density at radius 3 is 2.15 bits per heavy atom. The summed E-state index contributed by atoms with van der Waals surface area (Å²) in [5.74, 6) is 0.444. The molecule has 0 aromatic heterocycles. The van der Waals surface area contributed by atoms with Crippen LogP contribution in [0.1, 0.15) is 84.3 Å². The van der Waals surface area contributed by atoms with E-state index in [0.29, 0.717) is 5.92 Å². The summed E-state index contributed by atoms with van der Waals surface area (Å²) >= 11 is 0. The van der Waals surface area contributed by atoms with Crippen molar-refractivity contribution in [2.45, 2.75) is 78.6 Å². The van der Waals surface area contributed by atoms with E-state index in [-0.39, 0.29) is 5.41 Å². The monoisotopic (exact) mass is 543 g/mol. The minimum Gasteiger partial charge on any atom is -0.344 e. The van der Waals surface area contributed by atoms with E-state index >= 15 is 0 Å². The van der Waals surface area contributed by atoms with E-state index in [1.54, 1.807) is 0 Å². The van der Waals surface area contributed by atoms with Crippen molar-refractivity contribution in [3.8, 4) is 0 Å². The van der Waals surface area contributed by atoms with Gasteiger partial charge in [-0.25, -0.2) is 0 Å². The molecule has 0 saturated heterocycles. The highest BCUT2D eigenvalue weighted by Crippen LogP contribution is 2.50. The summed E-state index contributed by atoms with van der Waals surface area (Å²) in [6, 6.07) is 26.9. The minimum absolute atomic E-state index is 0.0701. The molecule has 0 radical (unpaired) electrons. The fraction of sp³-hybridized carbons (Fsp3) is 0.359. The van der Waals surface area contributed by atoms with Crippen LogP contribution in [0.15, 0.2) is 96.7 Å². The van der Waals surface area contributed by atoms with Crippen molar-refractivity contribution >= 4 is 39.1 Å². The first-order valence-corrected chi connectivity index (χ1v) is 15.7. The van der Waals surface area contributed by atoms with Gasteiger partial charge in [-0.3, -0.25) is 0 Å². The first kappa shape index (κ1) is 28.9. The number of nitrogens with zero attached hydrogens (tertiary/aromatic N) is 2. The highest BCUT2D eigenvalue weighted by Gasteiger charge is 2.40. The van der Waals surface area contributed by atoms with Crippen LogP contribution < -0.4 is 4.90 Å². The predicted octanol–water partition coefficient (Wildman–Crippen LogP) is 10.7. The first-order chi connectivity index (χ1) is 19.9. The number of fused-ring (bicyclic) bond motifs is 4. The third-order valence-electron chi connectivity index (χ3n) is 8.71. The molecule has 212 valence electrons. The van der Waals surface area contributed by atoms with Gasteiger partial charge in [0.05, 0.1) is 0 Å².